The van der Waals surface area contributed by atoms with Crippen molar-refractivity contribution in [3.05, 3.63) is 108 Å². The van der Waals surface area contributed by atoms with Crippen molar-refractivity contribution in [3.63, 3.8) is 0 Å². The molecule has 2 aromatic heterocycles. The molecule has 36 heavy (non-hydrogen) atoms. The van der Waals surface area contributed by atoms with Gasteiger partial charge >= 0.3 is 0 Å². The van der Waals surface area contributed by atoms with E-state index in [0.29, 0.717) is 5.95 Å². The highest BCUT2D eigenvalue weighted by Gasteiger charge is 2.34. The Morgan fingerprint density at radius 1 is 0.667 bits per heavy atom. The van der Waals surface area contributed by atoms with Crippen molar-refractivity contribution < 1.29 is 0 Å². The number of hydrogen-bond donors (Lipinski definition) is 0. The molecule has 7 rings (SSSR count). The van der Waals surface area contributed by atoms with Crippen LogP contribution in [0.15, 0.2) is 96.6 Å². The molecule has 0 N–H and O–H groups in total. The number of aromatic nitrogens is 3. The van der Waals surface area contributed by atoms with Crippen molar-refractivity contribution in [1.82, 2.24) is 14.5 Å². The predicted molar refractivity (Wildman–Crippen MR) is 151 cm³/mol. The quantitative estimate of drug-likeness (QED) is 0.257. The van der Waals surface area contributed by atoms with Crippen molar-refractivity contribution in [2.24, 2.45) is 0 Å². The lowest BCUT2D eigenvalue weighted by molar-refractivity contribution is 0.639. The summed E-state index contributed by atoms with van der Waals surface area (Å²) >= 11 is 0. The van der Waals surface area contributed by atoms with Crippen molar-refractivity contribution in [1.29, 1.82) is 0 Å². The van der Waals surface area contributed by atoms with Gasteiger partial charge in [0.1, 0.15) is 0 Å². The third-order valence-corrected chi connectivity index (χ3v) is 8.23. The van der Waals surface area contributed by atoms with E-state index in [1.165, 1.54) is 33.0 Å². The minimum Gasteiger partial charge on any atom is -0.278 e. The van der Waals surface area contributed by atoms with Gasteiger partial charge in [-0.25, -0.2) is 9.97 Å². The second kappa shape index (κ2) is 7.38. The van der Waals surface area contributed by atoms with Gasteiger partial charge in [0.05, 0.1) is 22.2 Å². The molecule has 0 radical (unpaired) electrons. The van der Waals surface area contributed by atoms with Crippen LogP contribution in [0.25, 0.3) is 55.5 Å². The van der Waals surface area contributed by atoms with Gasteiger partial charge in [-0.15, -0.1) is 0 Å². The van der Waals surface area contributed by atoms with Crippen LogP contribution in [0.2, 0.25) is 0 Å². The number of hydrogen-bond acceptors (Lipinski definition) is 2. The molecule has 174 valence electrons. The van der Waals surface area contributed by atoms with Gasteiger partial charge in [0.25, 0.3) is 0 Å². The molecule has 0 spiro atoms. The van der Waals surface area contributed by atoms with Crippen LogP contribution in [0.4, 0.5) is 0 Å². The van der Waals surface area contributed by atoms with Gasteiger partial charge < -0.3 is 0 Å². The zero-order chi connectivity index (χ0) is 24.6. The molecule has 0 saturated carbocycles. The third kappa shape index (κ3) is 2.80. The molecule has 0 fully saturated rings. The molecule has 3 nitrogen and oxygen atoms in total. The molecule has 4 aromatic carbocycles. The number of benzene rings is 4. The maximum atomic E-state index is 5.21. The summed E-state index contributed by atoms with van der Waals surface area (Å²) in [4.78, 5) is 10.3. The Morgan fingerprint density at radius 3 is 2.17 bits per heavy atom. The smallest absolute Gasteiger partial charge is 0.235 e. The standard InChI is InChI=1S/C33H27N3/c1-20-21(2)33(3,4)27-18-26-23-14-9-11-17-29(23)36(30(26)19-25(20)27)32-34-28-16-10-8-15-24(28)31(35-32)22-12-6-5-7-13-22/h5-19H,1-4H3. The van der Waals surface area contributed by atoms with E-state index in [0.717, 1.165) is 33.2 Å². The lowest BCUT2D eigenvalue weighted by atomic mass is 9.81. The molecule has 1 aliphatic carbocycles. The summed E-state index contributed by atoms with van der Waals surface area (Å²) in [6.45, 7) is 9.19. The van der Waals surface area contributed by atoms with Crippen LogP contribution < -0.4 is 0 Å². The second-order valence-corrected chi connectivity index (χ2v) is 10.4. The summed E-state index contributed by atoms with van der Waals surface area (Å²) in [5.74, 6) is 0.703. The molecule has 0 atom stereocenters. The monoisotopic (exact) mass is 465 g/mol. The van der Waals surface area contributed by atoms with E-state index in [1.54, 1.807) is 0 Å². The summed E-state index contributed by atoms with van der Waals surface area (Å²) in [5, 5.41) is 3.54. The Morgan fingerprint density at radius 2 is 1.36 bits per heavy atom. The summed E-state index contributed by atoms with van der Waals surface area (Å²) in [5.41, 5.74) is 10.8. The molecular weight excluding hydrogens is 438 g/mol. The van der Waals surface area contributed by atoms with Crippen LogP contribution in [-0.2, 0) is 5.41 Å². The fourth-order valence-corrected chi connectivity index (χ4v) is 5.91. The van der Waals surface area contributed by atoms with Crippen molar-refractivity contribution >= 4 is 38.3 Å². The second-order valence-electron chi connectivity index (χ2n) is 10.4. The molecule has 0 bridgehead atoms. The first-order valence-corrected chi connectivity index (χ1v) is 12.5. The van der Waals surface area contributed by atoms with Gasteiger partial charge in [-0.2, -0.15) is 0 Å². The predicted octanol–water partition coefficient (Wildman–Crippen LogP) is 8.48. The Hall–Kier alpha value is -4.24. The summed E-state index contributed by atoms with van der Waals surface area (Å²) in [6, 6.07) is 32.1. The number of para-hydroxylation sites is 2. The minimum absolute atomic E-state index is 0.0245. The van der Waals surface area contributed by atoms with Crippen molar-refractivity contribution in [2.45, 2.75) is 33.1 Å². The van der Waals surface area contributed by atoms with Crippen LogP contribution in [0, 0.1) is 0 Å². The minimum atomic E-state index is 0.0245. The fourth-order valence-electron chi connectivity index (χ4n) is 5.91. The highest BCUT2D eigenvalue weighted by molar-refractivity contribution is 6.10. The molecule has 1 aliphatic rings. The van der Waals surface area contributed by atoms with E-state index in [-0.39, 0.29) is 5.41 Å². The Kier molecular flexibility index (Phi) is 4.32. The summed E-state index contributed by atoms with van der Waals surface area (Å²) < 4.78 is 2.25. The zero-order valence-corrected chi connectivity index (χ0v) is 21.0. The number of fused-ring (bicyclic) bond motifs is 5. The van der Waals surface area contributed by atoms with Crippen LogP contribution in [0.5, 0.6) is 0 Å². The molecule has 6 aromatic rings. The molecule has 0 saturated heterocycles. The summed E-state index contributed by atoms with van der Waals surface area (Å²) in [7, 11) is 0. The maximum Gasteiger partial charge on any atom is 0.235 e. The fraction of sp³-hybridized carbons (Fsp3) is 0.152. The van der Waals surface area contributed by atoms with Gasteiger partial charge in [0.15, 0.2) is 0 Å². The average molecular weight is 466 g/mol. The van der Waals surface area contributed by atoms with Gasteiger partial charge in [0.2, 0.25) is 5.95 Å². The van der Waals surface area contributed by atoms with Crippen molar-refractivity contribution in [3.8, 4) is 17.2 Å². The molecule has 3 heteroatoms. The number of allylic oxidation sites excluding steroid dienone is 2. The van der Waals surface area contributed by atoms with E-state index in [4.69, 9.17) is 9.97 Å². The SMILES string of the molecule is CC1=C(C)C(C)(C)c2cc3c4ccccc4n(-c4nc(-c5ccccc5)c5ccccc5n4)c3cc21. The van der Waals surface area contributed by atoms with Crippen LogP contribution in [0.3, 0.4) is 0 Å². The molecule has 0 amide bonds. The van der Waals surface area contributed by atoms with Gasteiger partial charge in [0, 0.05) is 27.1 Å². The van der Waals surface area contributed by atoms with E-state index in [1.807, 2.05) is 12.1 Å². The topological polar surface area (TPSA) is 30.7 Å². The van der Waals surface area contributed by atoms with E-state index in [2.05, 4.69) is 111 Å². The zero-order valence-electron chi connectivity index (χ0n) is 21.0. The first-order chi connectivity index (χ1) is 17.4. The highest BCUT2D eigenvalue weighted by Crippen LogP contribution is 2.48. The molecule has 2 heterocycles. The first kappa shape index (κ1) is 21.1. The highest BCUT2D eigenvalue weighted by atomic mass is 15.2. The normalized spacial score (nSPS) is 14.8. The van der Waals surface area contributed by atoms with Gasteiger partial charge in [-0.1, -0.05) is 86.2 Å². The van der Waals surface area contributed by atoms with E-state index < -0.39 is 0 Å². The first-order valence-electron chi connectivity index (χ1n) is 12.5. The third-order valence-electron chi connectivity index (χ3n) is 8.23. The lowest BCUT2D eigenvalue weighted by Gasteiger charge is -2.22. The van der Waals surface area contributed by atoms with Gasteiger partial charge in [-0.05, 0) is 54.8 Å². The van der Waals surface area contributed by atoms with Crippen LogP contribution in [0.1, 0.15) is 38.8 Å². The number of rotatable bonds is 2. The van der Waals surface area contributed by atoms with Crippen LogP contribution in [-0.4, -0.2) is 14.5 Å². The molecule has 0 aliphatic heterocycles. The Bertz CT molecular complexity index is 1870. The molecule has 0 unspecified atom stereocenters. The van der Waals surface area contributed by atoms with E-state index >= 15 is 0 Å². The Labute approximate surface area is 210 Å². The average Bonchev–Trinajstić information content (AvgIpc) is 3.32. The van der Waals surface area contributed by atoms with Crippen LogP contribution >= 0.6 is 0 Å². The van der Waals surface area contributed by atoms with E-state index in [9.17, 15) is 0 Å². The summed E-state index contributed by atoms with van der Waals surface area (Å²) in [6.07, 6.45) is 0. The number of nitrogens with zero attached hydrogens (tertiary/aromatic N) is 3. The molecular formula is C33H27N3. The lowest BCUT2D eigenvalue weighted by Crippen LogP contribution is -2.15. The van der Waals surface area contributed by atoms with Crippen molar-refractivity contribution in [2.75, 3.05) is 0 Å². The largest absolute Gasteiger partial charge is 0.278 e. The van der Waals surface area contributed by atoms with Gasteiger partial charge in [-0.3, -0.25) is 4.57 Å². The maximum absolute atomic E-state index is 5.21. The Balaban J connectivity index is 1.61.